The molecule has 0 aliphatic carbocycles. The summed E-state index contributed by atoms with van der Waals surface area (Å²) < 4.78 is 4.97. The van der Waals surface area contributed by atoms with Gasteiger partial charge in [-0.1, -0.05) is 5.16 Å². The first kappa shape index (κ1) is 9.86. The molecule has 0 unspecified atom stereocenters. The number of nitrogens with zero attached hydrogens (tertiary/aromatic N) is 2. The Morgan fingerprint density at radius 3 is 2.73 bits per heavy atom. The van der Waals surface area contributed by atoms with Crippen LogP contribution >= 0.6 is 0 Å². The standard InChI is InChI=1S/C11H13N3O/c1-9-6-11(14-15-9)8-13-7-10-2-4-12-5-3-10/h2-6,13H,7-8H2,1H3. The van der Waals surface area contributed by atoms with Gasteiger partial charge in [0.2, 0.25) is 0 Å². The van der Waals surface area contributed by atoms with E-state index in [1.165, 1.54) is 5.56 Å². The van der Waals surface area contributed by atoms with Crippen LogP contribution in [0.2, 0.25) is 0 Å². The molecule has 4 heteroatoms. The number of hydrogen-bond donors (Lipinski definition) is 1. The fourth-order valence-corrected chi connectivity index (χ4v) is 1.34. The zero-order valence-electron chi connectivity index (χ0n) is 8.60. The van der Waals surface area contributed by atoms with Crippen LogP contribution < -0.4 is 5.32 Å². The van der Waals surface area contributed by atoms with Crippen molar-refractivity contribution in [2.24, 2.45) is 0 Å². The third kappa shape index (κ3) is 2.89. The van der Waals surface area contributed by atoms with E-state index in [0.29, 0.717) is 0 Å². The predicted molar refractivity (Wildman–Crippen MR) is 56.0 cm³/mol. The molecule has 0 fully saturated rings. The highest BCUT2D eigenvalue weighted by atomic mass is 16.5. The lowest BCUT2D eigenvalue weighted by atomic mass is 10.2. The lowest BCUT2D eigenvalue weighted by molar-refractivity contribution is 0.388. The van der Waals surface area contributed by atoms with Crippen molar-refractivity contribution in [2.75, 3.05) is 0 Å². The van der Waals surface area contributed by atoms with Crippen molar-refractivity contribution in [2.45, 2.75) is 20.0 Å². The number of aryl methyl sites for hydroxylation is 1. The number of pyridine rings is 1. The minimum atomic E-state index is 0.722. The van der Waals surface area contributed by atoms with E-state index in [1.807, 2.05) is 25.1 Å². The summed E-state index contributed by atoms with van der Waals surface area (Å²) >= 11 is 0. The molecular formula is C11H13N3O. The van der Waals surface area contributed by atoms with Gasteiger partial charge in [0.15, 0.2) is 0 Å². The summed E-state index contributed by atoms with van der Waals surface area (Å²) in [6, 6.07) is 5.90. The van der Waals surface area contributed by atoms with Crippen LogP contribution in [0.15, 0.2) is 35.1 Å². The van der Waals surface area contributed by atoms with E-state index in [4.69, 9.17) is 4.52 Å². The molecule has 2 aromatic rings. The molecule has 1 N–H and O–H groups in total. The highest BCUT2D eigenvalue weighted by Crippen LogP contribution is 2.01. The van der Waals surface area contributed by atoms with Gasteiger partial charge < -0.3 is 9.84 Å². The van der Waals surface area contributed by atoms with E-state index >= 15 is 0 Å². The van der Waals surface area contributed by atoms with Crippen LogP contribution in [0.5, 0.6) is 0 Å². The Morgan fingerprint density at radius 2 is 2.07 bits per heavy atom. The van der Waals surface area contributed by atoms with E-state index in [1.54, 1.807) is 12.4 Å². The smallest absolute Gasteiger partial charge is 0.133 e. The van der Waals surface area contributed by atoms with Crippen molar-refractivity contribution in [1.29, 1.82) is 0 Å². The minimum Gasteiger partial charge on any atom is -0.361 e. The minimum absolute atomic E-state index is 0.722. The van der Waals surface area contributed by atoms with Crippen LogP contribution in [0, 0.1) is 6.92 Å². The molecule has 0 atom stereocenters. The largest absolute Gasteiger partial charge is 0.361 e. The molecule has 0 aliphatic heterocycles. The molecule has 0 saturated heterocycles. The molecule has 0 aliphatic rings. The van der Waals surface area contributed by atoms with E-state index in [9.17, 15) is 0 Å². The lowest BCUT2D eigenvalue weighted by Crippen LogP contribution is -2.12. The normalized spacial score (nSPS) is 10.5. The first-order chi connectivity index (χ1) is 7.34. The maximum atomic E-state index is 4.97. The Kier molecular flexibility index (Phi) is 3.09. The first-order valence-corrected chi connectivity index (χ1v) is 4.86. The summed E-state index contributed by atoms with van der Waals surface area (Å²) in [5.41, 5.74) is 2.15. The number of rotatable bonds is 4. The van der Waals surface area contributed by atoms with Crippen molar-refractivity contribution < 1.29 is 4.52 Å². The topological polar surface area (TPSA) is 51.0 Å². The molecule has 15 heavy (non-hydrogen) atoms. The molecule has 0 spiro atoms. The molecule has 0 amide bonds. The monoisotopic (exact) mass is 203 g/mol. The van der Waals surface area contributed by atoms with E-state index in [0.717, 1.165) is 24.5 Å². The van der Waals surface area contributed by atoms with E-state index in [-0.39, 0.29) is 0 Å². The lowest BCUT2D eigenvalue weighted by Gasteiger charge is -2.01. The van der Waals surface area contributed by atoms with Crippen LogP contribution in [-0.2, 0) is 13.1 Å². The van der Waals surface area contributed by atoms with Crippen molar-refractivity contribution in [3.63, 3.8) is 0 Å². The Labute approximate surface area is 88.3 Å². The van der Waals surface area contributed by atoms with Gasteiger partial charge in [-0.25, -0.2) is 0 Å². The third-order valence-corrected chi connectivity index (χ3v) is 2.06. The summed E-state index contributed by atoms with van der Waals surface area (Å²) in [6.07, 6.45) is 3.58. The first-order valence-electron chi connectivity index (χ1n) is 4.86. The van der Waals surface area contributed by atoms with Crippen LogP contribution in [0.1, 0.15) is 17.0 Å². The number of nitrogens with one attached hydrogen (secondary N) is 1. The average Bonchev–Trinajstić information content (AvgIpc) is 2.66. The van der Waals surface area contributed by atoms with E-state index < -0.39 is 0 Å². The summed E-state index contributed by atoms with van der Waals surface area (Å²) in [6.45, 7) is 3.42. The Morgan fingerprint density at radius 1 is 1.27 bits per heavy atom. The highest BCUT2D eigenvalue weighted by Gasteiger charge is 1.99. The molecule has 2 aromatic heterocycles. The van der Waals surface area contributed by atoms with Gasteiger partial charge in [0, 0.05) is 31.5 Å². The van der Waals surface area contributed by atoms with E-state index in [2.05, 4.69) is 15.5 Å². The second-order valence-corrected chi connectivity index (χ2v) is 3.39. The Balaban J connectivity index is 1.80. The van der Waals surface area contributed by atoms with Gasteiger partial charge in [-0.2, -0.15) is 0 Å². The molecule has 0 aromatic carbocycles. The third-order valence-electron chi connectivity index (χ3n) is 2.06. The molecule has 0 radical (unpaired) electrons. The van der Waals surface area contributed by atoms with Crippen LogP contribution in [0.3, 0.4) is 0 Å². The van der Waals surface area contributed by atoms with Crippen molar-refractivity contribution >= 4 is 0 Å². The van der Waals surface area contributed by atoms with Crippen LogP contribution in [-0.4, -0.2) is 10.1 Å². The summed E-state index contributed by atoms with van der Waals surface area (Å²) in [4.78, 5) is 3.96. The van der Waals surface area contributed by atoms with Gasteiger partial charge in [-0.3, -0.25) is 4.98 Å². The predicted octanol–water partition coefficient (Wildman–Crippen LogP) is 1.67. The van der Waals surface area contributed by atoms with Gasteiger partial charge in [0.25, 0.3) is 0 Å². The maximum absolute atomic E-state index is 4.97. The SMILES string of the molecule is Cc1cc(CNCc2ccncc2)no1. The summed E-state index contributed by atoms with van der Waals surface area (Å²) in [5.74, 6) is 0.843. The number of hydrogen-bond acceptors (Lipinski definition) is 4. The van der Waals surface area contributed by atoms with Crippen molar-refractivity contribution in [1.82, 2.24) is 15.5 Å². The Hall–Kier alpha value is -1.68. The quantitative estimate of drug-likeness (QED) is 0.821. The fraction of sp³-hybridized carbons (Fsp3) is 0.273. The Bertz CT molecular complexity index is 411. The maximum Gasteiger partial charge on any atom is 0.133 e. The molecule has 2 rings (SSSR count). The van der Waals surface area contributed by atoms with Crippen molar-refractivity contribution in [3.8, 4) is 0 Å². The zero-order chi connectivity index (χ0) is 10.5. The molecule has 2 heterocycles. The average molecular weight is 203 g/mol. The molecule has 78 valence electrons. The zero-order valence-corrected chi connectivity index (χ0v) is 8.60. The highest BCUT2D eigenvalue weighted by molar-refractivity contribution is 5.09. The van der Waals surface area contributed by atoms with Gasteiger partial charge in [-0.15, -0.1) is 0 Å². The van der Waals surface area contributed by atoms with Gasteiger partial charge in [0.1, 0.15) is 5.76 Å². The van der Waals surface area contributed by atoms with Gasteiger partial charge >= 0.3 is 0 Å². The number of aromatic nitrogens is 2. The van der Waals surface area contributed by atoms with Crippen LogP contribution in [0.25, 0.3) is 0 Å². The van der Waals surface area contributed by atoms with Gasteiger partial charge in [0.05, 0.1) is 5.69 Å². The summed E-state index contributed by atoms with van der Waals surface area (Å²) in [5, 5.41) is 7.18. The summed E-state index contributed by atoms with van der Waals surface area (Å²) in [7, 11) is 0. The second-order valence-electron chi connectivity index (χ2n) is 3.39. The molecule has 0 saturated carbocycles. The second kappa shape index (κ2) is 4.70. The van der Waals surface area contributed by atoms with Gasteiger partial charge in [-0.05, 0) is 24.6 Å². The van der Waals surface area contributed by atoms with Crippen LogP contribution in [0.4, 0.5) is 0 Å². The molecular weight excluding hydrogens is 190 g/mol. The van der Waals surface area contributed by atoms with Crippen molar-refractivity contribution in [3.05, 3.63) is 47.6 Å². The molecule has 0 bridgehead atoms. The fourth-order valence-electron chi connectivity index (χ4n) is 1.34. The molecule has 4 nitrogen and oxygen atoms in total.